The molecule has 8 rings (SSSR count). The lowest BCUT2D eigenvalue weighted by Crippen LogP contribution is -2.15. The van der Waals surface area contributed by atoms with Crippen molar-refractivity contribution in [3.8, 4) is 22.3 Å². The SMILES string of the molecule is CC1(C)c2ccccc2-c2c(-c3ccc(N(c4ccccc4)c4ccccc4)c4ccccc34)cc3ccccc3c21. The Hall–Kier alpha value is -5.14. The van der Waals surface area contributed by atoms with E-state index < -0.39 is 0 Å². The molecule has 0 unspecified atom stereocenters. The normalized spacial score (nSPS) is 13.2. The molecule has 1 nitrogen and oxygen atoms in total. The van der Waals surface area contributed by atoms with Crippen LogP contribution in [0.2, 0.25) is 0 Å². The minimum Gasteiger partial charge on any atom is -0.310 e. The van der Waals surface area contributed by atoms with Gasteiger partial charge >= 0.3 is 0 Å². The molecule has 1 aliphatic carbocycles. The Balaban J connectivity index is 1.44. The molecule has 0 spiro atoms. The van der Waals surface area contributed by atoms with Crippen LogP contribution in [0.1, 0.15) is 25.0 Å². The Bertz CT molecular complexity index is 2070. The average molecular weight is 538 g/mol. The van der Waals surface area contributed by atoms with E-state index in [4.69, 9.17) is 0 Å². The van der Waals surface area contributed by atoms with Gasteiger partial charge in [0.15, 0.2) is 0 Å². The molecule has 0 radical (unpaired) electrons. The van der Waals surface area contributed by atoms with Crippen LogP contribution in [0, 0.1) is 0 Å². The maximum atomic E-state index is 2.42. The van der Waals surface area contributed by atoms with E-state index in [-0.39, 0.29) is 5.41 Å². The standard InChI is InChI=1S/C41H31N/c1-41(2)37-24-14-13-23-35(37)39-36(27-28-15-9-10-20-31(28)40(39)41)33-25-26-38(34-22-12-11-21-32(33)34)42(29-16-5-3-6-17-29)30-18-7-4-8-19-30/h3-27H,1-2H3. The second-order valence-electron chi connectivity index (χ2n) is 11.8. The van der Waals surface area contributed by atoms with Crippen LogP contribution in [0.15, 0.2) is 152 Å². The smallest absolute Gasteiger partial charge is 0.0540 e. The summed E-state index contributed by atoms with van der Waals surface area (Å²) >= 11 is 0. The summed E-state index contributed by atoms with van der Waals surface area (Å²) in [5.74, 6) is 0. The van der Waals surface area contributed by atoms with Gasteiger partial charge in [0.25, 0.3) is 0 Å². The predicted octanol–water partition coefficient (Wildman–Crippen LogP) is 11.4. The largest absolute Gasteiger partial charge is 0.310 e. The molecule has 1 aliphatic rings. The number of hydrogen-bond acceptors (Lipinski definition) is 1. The van der Waals surface area contributed by atoms with Crippen molar-refractivity contribution in [1.82, 2.24) is 0 Å². The molecule has 0 N–H and O–H groups in total. The number of nitrogens with zero attached hydrogens (tertiary/aromatic N) is 1. The number of rotatable bonds is 4. The molecule has 0 heterocycles. The van der Waals surface area contributed by atoms with Crippen molar-refractivity contribution in [2.45, 2.75) is 19.3 Å². The lowest BCUT2D eigenvalue weighted by Gasteiger charge is -2.28. The minimum absolute atomic E-state index is 0.0886. The molecular formula is C41H31N. The Kier molecular flexibility index (Phi) is 5.55. The monoisotopic (exact) mass is 537 g/mol. The molecular weight excluding hydrogens is 506 g/mol. The fraction of sp³-hybridized carbons (Fsp3) is 0.0732. The summed E-state index contributed by atoms with van der Waals surface area (Å²) in [6.07, 6.45) is 0. The van der Waals surface area contributed by atoms with Gasteiger partial charge in [-0.25, -0.2) is 0 Å². The van der Waals surface area contributed by atoms with Crippen molar-refractivity contribution < 1.29 is 0 Å². The maximum Gasteiger partial charge on any atom is 0.0540 e. The van der Waals surface area contributed by atoms with Crippen LogP contribution in [0.25, 0.3) is 43.8 Å². The summed E-state index contributed by atoms with van der Waals surface area (Å²) in [7, 11) is 0. The molecule has 0 atom stereocenters. The van der Waals surface area contributed by atoms with Gasteiger partial charge in [-0.1, -0.05) is 129 Å². The highest BCUT2D eigenvalue weighted by Crippen LogP contribution is 2.55. The number of anilines is 3. The third-order valence-corrected chi connectivity index (χ3v) is 9.00. The van der Waals surface area contributed by atoms with Crippen molar-refractivity contribution in [1.29, 1.82) is 0 Å². The molecule has 200 valence electrons. The number of hydrogen-bond donors (Lipinski definition) is 0. The summed E-state index contributed by atoms with van der Waals surface area (Å²) in [5.41, 5.74) is 11.5. The Labute approximate surface area is 247 Å². The van der Waals surface area contributed by atoms with Crippen LogP contribution in [-0.2, 0) is 5.41 Å². The zero-order valence-corrected chi connectivity index (χ0v) is 23.9. The first-order chi connectivity index (χ1) is 20.6. The van der Waals surface area contributed by atoms with Gasteiger partial charge in [-0.05, 0) is 85.9 Å². The Morgan fingerprint density at radius 3 is 1.74 bits per heavy atom. The second-order valence-corrected chi connectivity index (χ2v) is 11.8. The fourth-order valence-corrected chi connectivity index (χ4v) is 7.16. The molecule has 1 heteroatoms. The first-order valence-corrected chi connectivity index (χ1v) is 14.7. The van der Waals surface area contributed by atoms with Crippen molar-refractivity contribution in [3.63, 3.8) is 0 Å². The van der Waals surface area contributed by atoms with E-state index in [1.54, 1.807) is 0 Å². The van der Waals surface area contributed by atoms with E-state index in [1.807, 2.05) is 0 Å². The Morgan fingerprint density at radius 2 is 1.02 bits per heavy atom. The third-order valence-electron chi connectivity index (χ3n) is 9.00. The predicted molar refractivity (Wildman–Crippen MR) is 179 cm³/mol. The highest BCUT2D eigenvalue weighted by molar-refractivity contribution is 6.12. The fourth-order valence-electron chi connectivity index (χ4n) is 7.16. The van der Waals surface area contributed by atoms with Crippen LogP contribution >= 0.6 is 0 Å². The summed E-state index contributed by atoms with van der Waals surface area (Å²) < 4.78 is 0. The quantitative estimate of drug-likeness (QED) is 0.216. The van der Waals surface area contributed by atoms with E-state index in [1.165, 1.54) is 60.6 Å². The zero-order chi connectivity index (χ0) is 28.3. The highest BCUT2D eigenvalue weighted by Gasteiger charge is 2.38. The van der Waals surface area contributed by atoms with Gasteiger partial charge in [-0.3, -0.25) is 0 Å². The highest BCUT2D eigenvalue weighted by atomic mass is 15.1. The van der Waals surface area contributed by atoms with Crippen LogP contribution in [0.5, 0.6) is 0 Å². The van der Waals surface area contributed by atoms with Crippen LogP contribution < -0.4 is 4.90 Å². The number of fused-ring (bicyclic) bond motifs is 6. The van der Waals surface area contributed by atoms with E-state index >= 15 is 0 Å². The first kappa shape index (κ1) is 24.6. The lowest BCUT2D eigenvalue weighted by molar-refractivity contribution is 0.666. The van der Waals surface area contributed by atoms with Crippen LogP contribution in [0.3, 0.4) is 0 Å². The van der Waals surface area contributed by atoms with Gasteiger partial charge in [0.05, 0.1) is 5.69 Å². The molecule has 7 aromatic carbocycles. The average Bonchev–Trinajstić information content (AvgIpc) is 3.29. The summed E-state index contributed by atoms with van der Waals surface area (Å²) in [6.45, 7) is 4.76. The van der Waals surface area contributed by atoms with Gasteiger partial charge in [-0.15, -0.1) is 0 Å². The molecule has 0 saturated heterocycles. The first-order valence-electron chi connectivity index (χ1n) is 14.7. The van der Waals surface area contributed by atoms with E-state index in [2.05, 4.69) is 170 Å². The topological polar surface area (TPSA) is 3.24 Å². The van der Waals surface area contributed by atoms with Gasteiger partial charge in [0.2, 0.25) is 0 Å². The van der Waals surface area contributed by atoms with Crippen molar-refractivity contribution in [2.24, 2.45) is 0 Å². The van der Waals surface area contributed by atoms with Gasteiger partial charge in [-0.2, -0.15) is 0 Å². The van der Waals surface area contributed by atoms with Crippen molar-refractivity contribution in [2.75, 3.05) is 4.90 Å². The molecule has 0 fully saturated rings. The number of benzene rings is 7. The Morgan fingerprint density at radius 1 is 0.452 bits per heavy atom. The van der Waals surface area contributed by atoms with E-state index in [0.717, 1.165) is 11.4 Å². The third kappa shape index (κ3) is 3.63. The zero-order valence-electron chi connectivity index (χ0n) is 23.9. The minimum atomic E-state index is -0.0886. The molecule has 0 bridgehead atoms. The molecule has 0 aromatic heterocycles. The summed E-state index contributed by atoms with van der Waals surface area (Å²) in [6, 6.07) is 55.2. The molecule has 0 saturated carbocycles. The van der Waals surface area contributed by atoms with Crippen LogP contribution in [-0.4, -0.2) is 0 Å². The molecule has 7 aromatic rings. The molecule has 0 aliphatic heterocycles. The van der Waals surface area contributed by atoms with Gasteiger partial charge in [0.1, 0.15) is 0 Å². The molecule has 0 amide bonds. The van der Waals surface area contributed by atoms with Gasteiger partial charge < -0.3 is 4.90 Å². The second kappa shape index (κ2) is 9.46. The summed E-state index contributed by atoms with van der Waals surface area (Å²) in [4.78, 5) is 2.37. The van der Waals surface area contributed by atoms with Crippen molar-refractivity contribution in [3.05, 3.63) is 163 Å². The van der Waals surface area contributed by atoms with Crippen molar-refractivity contribution >= 4 is 38.6 Å². The summed E-state index contributed by atoms with van der Waals surface area (Å²) in [5, 5.41) is 5.12. The van der Waals surface area contributed by atoms with E-state index in [0.29, 0.717) is 0 Å². The lowest BCUT2D eigenvalue weighted by atomic mass is 9.79. The van der Waals surface area contributed by atoms with E-state index in [9.17, 15) is 0 Å². The maximum absolute atomic E-state index is 2.42. The number of para-hydroxylation sites is 2. The van der Waals surface area contributed by atoms with Gasteiger partial charge in [0, 0.05) is 22.2 Å². The van der Waals surface area contributed by atoms with Crippen LogP contribution in [0.4, 0.5) is 17.1 Å². The molecule has 42 heavy (non-hydrogen) atoms.